The van der Waals surface area contributed by atoms with Crippen LogP contribution in [-0.2, 0) is 6.54 Å². The van der Waals surface area contributed by atoms with Crippen LogP contribution in [0.2, 0.25) is 0 Å². The van der Waals surface area contributed by atoms with Crippen LogP contribution in [0, 0.1) is 6.92 Å². The van der Waals surface area contributed by atoms with Crippen molar-refractivity contribution in [3.05, 3.63) is 47.4 Å². The fourth-order valence-electron chi connectivity index (χ4n) is 1.86. The van der Waals surface area contributed by atoms with E-state index in [0.29, 0.717) is 5.76 Å². The molecule has 0 aliphatic heterocycles. The molecule has 1 aromatic carbocycles. The van der Waals surface area contributed by atoms with Crippen LogP contribution in [0.25, 0.3) is 0 Å². The standard InChI is InChI=1S/C15H19N3O2/c1-10-8-11(18(2)3)4-6-13(10)17-15(19)14-7-5-12(9-16)20-14/h4-8H,9,16H2,1-3H3,(H,17,19). The zero-order valence-corrected chi connectivity index (χ0v) is 11.9. The fourth-order valence-corrected chi connectivity index (χ4v) is 1.86. The summed E-state index contributed by atoms with van der Waals surface area (Å²) in [6.07, 6.45) is 0. The Labute approximate surface area is 118 Å². The van der Waals surface area contributed by atoms with E-state index in [2.05, 4.69) is 5.32 Å². The lowest BCUT2D eigenvalue weighted by Crippen LogP contribution is -2.13. The molecule has 0 bridgehead atoms. The number of nitrogens with two attached hydrogens (primary N) is 1. The molecule has 20 heavy (non-hydrogen) atoms. The second-order valence-corrected chi connectivity index (χ2v) is 4.82. The predicted molar refractivity (Wildman–Crippen MR) is 80.1 cm³/mol. The minimum absolute atomic E-state index is 0.265. The van der Waals surface area contributed by atoms with Crippen LogP contribution in [0.1, 0.15) is 21.9 Å². The summed E-state index contributed by atoms with van der Waals surface area (Å²) in [7, 11) is 3.95. The lowest BCUT2D eigenvalue weighted by molar-refractivity contribution is 0.0995. The van der Waals surface area contributed by atoms with Gasteiger partial charge in [0.2, 0.25) is 0 Å². The second kappa shape index (κ2) is 5.79. The zero-order chi connectivity index (χ0) is 14.7. The van der Waals surface area contributed by atoms with E-state index in [0.717, 1.165) is 16.9 Å². The Morgan fingerprint density at radius 2 is 2.05 bits per heavy atom. The number of hydrogen-bond acceptors (Lipinski definition) is 4. The van der Waals surface area contributed by atoms with Gasteiger partial charge in [-0.05, 0) is 42.8 Å². The van der Waals surface area contributed by atoms with E-state index >= 15 is 0 Å². The van der Waals surface area contributed by atoms with Crippen LogP contribution in [0.15, 0.2) is 34.7 Å². The molecule has 5 heteroatoms. The van der Waals surface area contributed by atoms with E-state index in [1.54, 1.807) is 12.1 Å². The highest BCUT2D eigenvalue weighted by atomic mass is 16.4. The highest BCUT2D eigenvalue weighted by molar-refractivity contribution is 6.02. The van der Waals surface area contributed by atoms with Gasteiger partial charge in [-0.2, -0.15) is 0 Å². The van der Waals surface area contributed by atoms with Crippen molar-refractivity contribution in [1.82, 2.24) is 0 Å². The summed E-state index contributed by atoms with van der Waals surface area (Å²) in [6.45, 7) is 2.24. The number of nitrogens with zero attached hydrogens (tertiary/aromatic N) is 1. The summed E-state index contributed by atoms with van der Waals surface area (Å²) in [5, 5.41) is 2.84. The molecule has 106 valence electrons. The van der Waals surface area contributed by atoms with Gasteiger partial charge in [-0.15, -0.1) is 0 Å². The largest absolute Gasteiger partial charge is 0.455 e. The van der Waals surface area contributed by atoms with Crippen LogP contribution in [0.3, 0.4) is 0 Å². The maximum Gasteiger partial charge on any atom is 0.291 e. The molecule has 0 spiro atoms. The van der Waals surface area contributed by atoms with Gasteiger partial charge in [0.15, 0.2) is 5.76 Å². The van der Waals surface area contributed by atoms with E-state index in [-0.39, 0.29) is 18.2 Å². The van der Waals surface area contributed by atoms with E-state index in [4.69, 9.17) is 10.2 Å². The molecule has 1 aromatic heterocycles. The molecule has 0 unspecified atom stereocenters. The van der Waals surface area contributed by atoms with Gasteiger partial charge < -0.3 is 20.4 Å². The summed E-state index contributed by atoms with van der Waals surface area (Å²) < 4.78 is 5.32. The van der Waals surface area contributed by atoms with E-state index in [1.807, 2.05) is 44.1 Å². The molecule has 0 aliphatic rings. The maximum absolute atomic E-state index is 12.1. The Morgan fingerprint density at radius 1 is 1.30 bits per heavy atom. The van der Waals surface area contributed by atoms with Crippen molar-refractivity contribution < 1.29 is 9.21 Å². The smallest absolute Gasteiger partial charge is 0.291 e. The predicted octanol–water partition coefficient (Wildman–Crippen LogP) is 2.37. The van der Waals surface area contributed by atoms with Gasteiger partial charge in [0.25, 0.3) is 5.91 Å². The van der Waals surface area contributed by atoms with E-state index in [9.17, 15) is 4.79 Å². The molecule has 0 aliphatic carbocycles. The summed E-state index contributed by atoms with van der Waals surface area (Å²) in [5.41, 5.74) is 8.31. The highest BCUT2D eigenvalue weighted by Gasteiger charge is 2.12. The minimum atomic E-state index is -0.273. The molecule has 2 aromatic rings. The summed E-state index contributed by atoms with van der Waals surface area (Å²) >= 11 is 0. The van der Waals surface area contributed by atoms with Gasteiger partial charge in [-0.1, -0.05) is 0 Å². The molecule has 2 rings (SSSR count). The Kier molecular flexibility index (Phi) is 4.10. The number of hydrogen-bond donors (Lipinski definition) is 2. The number of aryl methyl sites for hydroxylation is 1. The molecular formula is C15H19N3O2. The average Bonchev–Trinajstić information content (AvgIpc) is 2.89. The van der Waals surface area contributed by atoms with Crippen molar-refractivity contribution in [3.63, 3.8) is 0 Å². The average molecular weight is 273 g/mol. The fraction of sp³-hybridized carbons (Fsp3) is 0.267. The third kappa shape index (κ3) is 3.00. The molecule has 0 radical (unpaired) electrons. The molecule has 0 saturated heterocycles. The number of amides is 1. The molecule has 0 atom stereocenters. The third-order valence-corrected chi connectivity index (χ3v) is 3.06. The highest BCUT2D eigenvalue weighted by Crippen LogP contribution is 2.22. The minimum Gasteiger partial charge on any atom is -0.455 e. The van der Waals surface area contributed by atoms with Gasteiger partial charge >= 0.3 is 0 Å². The first-order valence-electron chi connectivity index (χ1n) is 6.39. The Morgan fingerprint density at radius 3 is 2.60 bits per heavy atom. The second-order valence-electron chi connectivity index (χ2n) is 4.82. The Hall–Kier alpha value is -2.27. The lowest BCUT2D eigenvalue weighted by atomic mass is 10.1. The van der Waals surface area contributed by atoms with Crippen molar-refractivity contribution in [2.45, 2.75) is 13.5 Å². The van der Waals surface area contributed by atoms with Gasteiger partial charge in [0, 0.05) is 25.5 Å². The molecule has 1 heterocycles. The number of carbonyl (C=O) groups is 1. The van der Waals surface area contributed by atoms with Crippen LogP contribution < -0.4 is 16.0 Å². The Balaban J connectivity index is 2.15. The van der Waals surface area contributed by atoms with Crippen molar-refractivity contribution in [1.29, 1.82) is 0 Å². The number of anilines is 2. The third-order valence-electron chi connectivity index (χ3n) is 3.06. The molecule has 3 N–H and O–H groups in total. The molecule has 0 fully saturated rings. The number of carbonyl (C=O) groups excluding carboxylic acids is 1. The topological polar surface area (TPSA) is 71.5 Å². The van der Waals surface area contributed by atoms with Crippen molar-refractivity contribution in [3.8, 4) is 0 Å². The molecule has 1 amide bonds. The van der Waals surface area contributed by atoms with Crippen molar-refractivity contribution in [2.75, 3.05) is 24.3 Å². The molecular weight excluding hydrogens is 254 g/mol. The first-order valence-corrected chi connectivity index (χ1v) is 6.39. The quantitative estimate of drug-likeness (QED) is 0.897. The summed E-state index contributed by atoms with van der Waals surface area (Å²) in [6, 6.07) is 9.19. The molecule has 5 nitrogen and oxygen atoms in total. The monoisotopic (exact) mass is 273 g/mol. The van der Waals surface area contributed by atoms with Crippen LogP contribution in [0.5, 0.6) is 0 Å². The van der Waals surface area contributed by atoms with Crippen LogP contribution in [0.4, 0.5) is 11.4 Å². The number of rotatable bonds is 4. The Bertz CT molecular complexity index is 617. The van der Waals surface area contributed by atoms with Gasteiger partial charge in [0.1, 0.15) is 5.76 Å². The van der Waals surface area contributed by atoms with Gasteiger partial charge in [-0.25, -0.2) is 0 Å². The maximum atomic E-state index is 12.1. The summed E-state index contributed by atoms with van der Waals surface area (Å²) in [5.74, 6) is 0.585. The number of benzene rings is 1. The number of nitrogens with one attached hydrogen (secondary N) is 1. The first kappa shape index (κ1) is 14.1. The van der Waals surface area contributed by atoms with Crippen molar-refractivity contribution >= 4 is 17.3 Å². The first-order chi connectivity index (χ1) is 9.51. The van der Waals surface area contributed by atoms with Gasteiger partial charge in [0.05, 0.1) is 6.54 Å². The lowest BCUT2D eigenvalue weighted by Gasteiger charge is -2.15. The van der Waals surface area contributed by atoms with E-state index in [1.165, 1.54) is 0 Å². The van der Waals surface area contributed by atoms with Crippen LogP contribution >= 0.6 is 0 Å². The van der Waals surface area contributed by atoms with Gasteiger partial charge in [-0.3, -0.25) is 4.79 Å². The zero-order valence-electron chi connectivity index (χ0n) is 11.9. The molecule has 0 saturated carbocycles. The summed E-state index contributed by atoms with van der Waals surface area (Å²) in [4.78, 5) is 14.1. The SMILES string of the molecule is Cc1cc(N(C)C)ccc1NC(=O)c1ccc(CN)o1. The van der Waals surface area contributed by atoms with E-state index < -0.39 is 0 Å². The van der Waals surface area contributed by atoms with Crippen LogP contribution in [-0.4, -0.2) is 20.0 Å². The van der Waals surface area contributed by atoms with Crippen molar-refractivity contribution in [2.24, 2.45) is 5.73 Å². The normalized spacial score (nSPS) is 10.4. The number of furan rings is 1.